The highest BCUT2D eigenvalue weighted by Gasteiger charge is 2.32. The van der Waals surface area contributed by atoms with Gasteiger partial charge in [0.25, 0.3) is 0 Å². The molecule has 0 spiro atoms. The lowest BCUT2D eigenvalue weighted by atomic mass is 9.79. The maximum Gasteiger partial charge on any atom is 0.0236 e. The number of nitrogens with two attached hydrogens (primary N) is 1. The Morgan fingerprint density at radius 3 is 2.40 bits per heavy atom. The molecule has 1 aliphatic carbocycles. The van der Waals surface area contributed by atoms with E-state index in [0.717, 1.165) is 13.1 Å². The molecule has 1 saturated carbocycles. The van der Waals surface area contributed by atoms with E-state index in [-0.39, 0.29) is 0 Å². The Bertz CT molecular complexity index is 433. The summed E-state index contributed by atoms with van der Waals surface area (Å²) in [5, 5.41) is 0. The Kier molecular flexibility index (Phi) is 4.42. The lowest BCUT2D eigenvalue weighted by Gasteiger charge is -2.39. The van der Waals surface area contributed by atoms with E-state index in [2.05, 4.69) is 29.2 Å². The first-order valence-electron chi connectivity index (χ1n) is 8.31. The van der Waals surface area contributed by atoms with Crippen molar-refractivity contribution in [3.8, 4) is 0 Å². The molecule has 3 rings (SSSR count). The molecule has 2 aliphatic rings. The minimum absolute atomic E-state index is 0.392. The number of hydrogen-bond donors (Lipinski definition) is 1. The summed E-state index contributed by atoms with van der Waals surface area (Å²) in [6.45, 7) is 4.40. The molecule has 20 heavy (non-hydrogen) atoms. The maximum absolute atomic E-state index is 6.19. The van der Waals surface area contributed by atoms with E-state index in [4.69, 9.17) is 5.73 Å². The number of hydrogen-bond acceptors (Lipinski definition) is 2. The zero-order valence-corrected chi connectivity index (χ0v) is 12.6. The highest BCUT2D eigenvalue weighted by atomic mass is 15.1. The van der Waals surface area contributed by atoms with Gasteiger partial charge in [-0.15, -0.1) is 0 Å². The minimum atomic E-state index is 0.392. The van der Waals surface area contributed by atoms with Crippen LogP contribution < -0.4 is 5.73 Å². The van der Waals surface area contributed by atoms with E-state index in [1.165, 1.54) is 63.6 Å². The summed E-state index contributed by atoms with van der Waals surface area (Å²) in [6, 6.07) is 8.93. The first-order valence-corrected chi connectivity index (χ1v) is 8.31. The summed E-state index contributed by atoms with van der Waals surface area (Å²) < 4.78 is 0. The minimum Gasteiger partial charge on any atom is -0.330 e. The number of rotatable bonds is 3. The van der Waals surface area contributed by atoms with Gasteiger partial charge in [0.05, 0.1) is 0 Å². The van der Waals surface area contributed by atoms with Crippen molar-refractivity contribution < 1.29 is 0 Å². The standard InChI is InChI=1S/C18H28N2/c19-14-18(10-5-1-2-6-11-18)15-20-12-9-16-7-3-4-8-17(16)13-20/h3-4,7-8H,1-2,5-6,9-15,19H2. The van der Waals surface area contributed by atoms with Gasteiger partial charge in [-0.05, 0) is 42.3 Å². The van der Waals surface area contributed by atoms with Crippen LogP contribution >= 0.6 is 0 Å². The number of benzene rings is 1. The third-order valence-corrected chi connectivity index (χ3v) is 5.37. The van der Waals surface area contributed by atoms with Gasteiger partial charge in [-0.2, -0.15) is 0 Å². The van der Waals surface area contributed by atoms with Crippen molar-refractivity contribution in [1.29, 1.82) is 0 Å². The van der Waals surface area contributed by atoms with Gasteiger partial charge >= 0.3 is 0 Å². The van der Waals surface area contributed by atoms with Crippen LogP contribution in [0.4, 0.5) is 0 Å². The fourth-order valence-electron chi connectivity index (χ4n) is 4.07. The number of fused-ring (bicyclic) bond motifs is 1. The van der Waals surface area contributed by atoms with E-state index < -0.39 is 0 Å². The lowest BCUT2D eigenvalue weighted by Crippen LogP contribution is -2.44. The summed E-state index contributed by atoms with van der Waals surface area (Å²) in [5.74, 6) is 0. The normalized spacial score (nSPS) is 23.1. The van der Waals surface area contributed by atoms with Gasteiger partial charge in [-0.1, -0.05) is 49.9 Å². The van der Waals surface area contributed by atoms with Crippen molar-refractivity contribution in [2.24, 2.45) is 11.1 Å². The summed E-state index contributed by atoms with van der Waals surface area (Å²) in [5.41, 5.74) is 9.66. The average Bonchev–Trinajstić information content (AvgIpc) is 2.73. The fourth-order valence-corrected chi connectivity index (χ4v) is 4.07. The second kappa shape index (κ2) is 6.28. The molecule has 0 atom stereocenters. The molecule has 2 heteroatoms. The first kappa shape index (κ1) is 14.1. The van der Waals surface area contributed by atoms with E-state index in [1.54, 1.807) is 5.56 Å². The predicted molar refractivity (Wildman–Crippen MR) is 84.6 cm³/mol. The van der Waals surface area contributed by atoms with Crippen molar-refractivity contribution in [2.75, 3.05) is 19.6 Å². The zero-order chi connectivity index (χ0) is 13.8. The molecule has 0 amide bonds. The van der Waals surface area contributed by atoms with Crippen molar-refractivity contribution in [1.82, 2.24) is 4.90 Å². The molecule has 110 valence electrons. The Hall–Kier alpha value is -0.860. The van der Waals surface area contributed by atoms with Crippen LogP contribution in [0.2, 0.25) is 0 Å². The molecule has 2 N–H and O–H groups in total. The van der Waals surface area contributed by atoms with E-state index in [9.17, 15) is 0 Å². The molecule has 0 unspecified atom stereocenters. The van der Waals surface area contributed by atoms with Gasteiger partial charge in [0, 0.05) is 19.6 Å². The van der Waals surface area contributed by atoms with Gasteiger partial charge in [0.2, 0.25) is 0 Å². The highest BCUT2D eigenvalue weighted by molar-refractivity contribution is 5.29. The van der Waals surface area contributed by atoms with Crippen LogP contribution in [0.5, 0.6) is 0 Å². The lowest BCUT2D eigenvalue weighted by molar-refractivity contribution is 0.125. The summed E-state index contributed by atoms with van der Waals surface area (Å²) in [6.07, 6.45) is 9.44. The molecular formula is C18H28N2. The van der Waals surface area contributed by atoms with E-state index in [0.29, 0.717) is 5.41 Å². The molecule has 1 aromatic carbocycles. The van der Waals surface area contributed by atoms with Crippen LogP contribution in [-0.2, 0) is 13.0 Å². The molecule has 1 heterocycles. The van der Waals surface area contributed by atoms with Gasteiger partial charge in [-0.3, -0.25) is 4.90 Å². The molecular weight excluding hydrogens is 244 g/mol. The SMILES string of the molecule is NCC1(CN2CCc3ccccc3C2)CCCCCC1. The average molecular weight is 272 g/mol. The van der Waals surface area contributed by atoms with Gasteiger partial charge < -0.3 is 5.73 Å². The predicted octanol–water partition coefficient (Wildman–Crippen LogP) is 3.34. The van der Waals surface area contributed by atoms with Crippen molar-refractivity contribution in [3.05, 3.63) is 35.4 Å². The van der Waals surface area contributed by atoms with Gasteiger partial charge in [-0.25, -0.2) is 0 Å². The zero-order valence-electron chi connectivity index (χ0n) is 12.6. The molecule has 0 radical (unpaired) electrons. The number of nitrogens with zero attached hydrogens (tertiary/aromatic N) is 1. The van der Waals surface area contributed by atoms with Crippen molar-refractivity contribution in [2.45, 2.75) is 51.5 Å². The molecule has 0 bridgehead atoms. The molecule has 2 nitrogen and oxygen atoms in total. The van der Waals surface area contributed by atoms with Crippen LogP contribution in [-0.4, -0.2) is 24.5 Å². The van der Waals surface area contributed by atoms with Crippen molar-refractivity contribution in [3.63, 3.8) is 0 Å². The second-order valence-corrected chi connectivity index (χ2v) is 6.85. The third kappa shape index (κ3) is 3.07. The fraction of sp³-hybridized carbons (Fsp3) is 0.667. The smallest absolute Gasteiger partial charge is 0.0236 e. The second-order valence-electron chi connectivity index (χ2n) is 6.85. The van der Waals surface area contributed by atoms with Gasteiger partial charge in [0.15, 0.2) is 0 Å². The maximum atomic E-state index is 6.19. The Balaban J connectivity index is 1.68. The highest BCUT2D eigenvalue weighted by Crippen LogP contribution is 2.36. The summed E-state index contributed by atoms with van der Waals surface area (Å²) in [4.78, 5) is 2.65. The Labute approximate surface area is 123 Å². The van der Waals surface area contributed by atoms with Crippen LogP contribution in [0.1, 0.15) is 49.7 Å². The largest absolute Gasteiger partial charge is 0.330 e. The first-order chi connectivity index (χ1) is 9.81. The monoisotopic (exact) mass is 272 g/mol. The summed E-state index contributed by atoms with van der Waals surface area (Å²) >= 11 is 0. The molecule has 1 fully saturated rings. The van der Waals surface area contributed by atoms with Crippen LogP contribution in [0.25, 0.3) is 0 Å². The van der Waals surface area contributed by atoms with Gasteiger partial charge in [0.1, 0.15) is 0 Å². The molecule has 1 aliphatic heterocycles. The van der Waals surface area contributed by atoms with Crippen molar-refractivity contribution >= 4 is 0 Å². The molecule has 0 saturated heterocycles. The Morgan fingerprint density at radius 2 is 1.70 bits per heavy atom. The third-order valence-electron chi connectivity index (χ3n) is 5.37. The van der Waals surface area contributed by atoms with Crippen LogP contribution in [0.3, 0.4) is 0 Å². The van der Waals surface area contributed by atoms with E-state index in [1.807, 2.05) is 0 Å². The Morgan fingerprint density at radius 1 is 1.00 bits per heavy atom. The van der Waals surface area contributed by atoms with Crippen LogP contribution in [0.15, 0.2) is 24.3 Å². The molecule has 1 aromatic rings. The molecule has 0 aromatic heterocycles. The summed E-state index contributed by atoms with van der Waals surface area (Å²) in [7, 11) is 0. The topological polar surface area (TPSA) is 29.3 Å². The van der Waals surface area contributed by atoms with E-state index >= 15 is 0 Å². The quantitative estimate of drug-likeness (QED) is 0.855. The van der Waals surface area contributed by atoms with Crippen LogP contribution in [0, 0.1) is 5.41 Å².